The summed E-state index contributed by atoms with van der Waals surface area (Å²) in [4.78, 5) is 4.31. The smallest absolute Gasteiger partial charge is 0.243 e. The summed E-state index contributed by atoms with van der Waals surface area (Å²) in [6.07, 6.45) is 1.58. The van der Waals surface area contributed by atoms with Crippen LogP contribution in [-0.4, -0.2) is 13.4 Å². The van der Waals surface area contributed by atoms with Crippen molar-refractivity contribution in [3.05, 3.63) is 45.1 Å². The highest BCUT2D eigenvalue weighted by molar-refractivity contribution is 7.89. The van der Waals surface area contributed by atoms with E-state index in [4.69, 9.17) is 11.6 Å². The van der Waals surface area contributed by atoms with Gasteiger partial charge in [-0.1, -0.05) is 17.7 Å². The lowest BCUT2D eigenvalue weighted by Crippen LogP contribution is -2.23. The predicted molar refractivity (Wildman–Crippen MR) is 72.3 cm³/mol. The Balaban J connectivity index is 2.21. The van der Waals surface area contributed by atoms with E-state index in [0.29, 0.717) is 0 Å². The Bertz CT molecular complexity index is 700. The molecule has 0 atom stereocenters. The molecule has 0 bridgehead atoms. The zero-order valence-electron chi connectivity index (χ0n) is 9.85. The lowest BCUT2D eigenvalue weighted by atomic mass is 10.3. The summed E-state index contributed by atoms with van der Waals surface area (Å²) in [5.41, 5.74) is 0. The van der Waals surface area contributed by atoms with Crippen LogP contribution in [0.1, 0.15) is 9.88 Å². The monoisotopic (exact) mass is 320 g/mol. The van der Waals surface area contributed by atoms with Gasteiger partial charge in [0.1, 0.15) is 4.90 Å². The SMILES string of the molecule is Cc1ncc(CNS(=O)(=O)c2cccc(Cl)c2F)s1. The van der Waals surface area contributed by atoms with Gasteiger partial charge in [-0.2, -0.15) is 0 Å². The molecule has 102 valence electrons. The van der Waals surface area contributed by atoms with Crippen molar-refractivity contribution >= 4 is 33.0 Å². The van der Waals surface area contributed by atoms with E-state index in [9.17, 15) is 12.8 Å². The average molecular weight is 321 g/mol. The third kappa shape index (κ3) is 3.30. The summed E-state index contributed by atoms with van der Waals surface area (Å²) in [5.74, 6) is -0.947. The maximum Gasteiger partial charge on any atom is 0.243 e. The molecule has 0 amide bonds. The molecular weight excluding hydrogens is 311 g/mol. The van der Waals surface area contributed by atoms with E-state index in [1.807, 2.05) is 6.92 Å². The third-order valence-electron chi connectivity index (χ3n) is 2.31. The van der Waals surface area contributed by atoms with Crippen molar-refractivity contribution in [3.8, 4) is 0 Å². The van der Waals surface area contributed by atoms with Crippen molar-refractivity contribution in [1.29, 1.82) is 0 Å². The van der Waals surface area contributed by atoms with Crippen LogP contribution >= 0.6 is 22.9 Å². The molecule has 19 heavy (non-hydrogen) atoms. The summed E-state index contributed by atoms with van der Waals surface area (Å²) in [6.45, 7) is 1.89. The molecule has 0 unspecified atom stereocenters. The van der Waals surface area contributed by atoms with Crippen LogP contribution in [0.2, 0.25) is 5.02 Å². The molecule has 0 saturated carbocycles. The highest BCUT2D eigenvalue weighted by atomic mass is 35.5. The highest BCUT2D eigenvalue weighted by Crippen LogP contribution is 2.22. The number of thiazole rings is 1. The van der Waals surface area contributed by atoms with Crippen LogP contribution in [0.5, 0.6) is 0 Å². The van der Waals surface area contributed by atoms with E-state index in [-0.39, 0.29) is 11.6 Å². The van der Waals surface area contributed by atoms with Crippen molar-refractivity contribution in [2.45, 2.75) is 18.4 Å². The van der Waals surface area contributed by atoms with Crippen molar-refractivity contribution in [2.24, 2.45) is 0 Å². The minimum atomic E-state index is -3.93. The zero-order chi connectivity index (χ0) is 14.0. The highest BCUT2D eigenvalue weighted by Gasteiger charge is 2.20. The zero-order valence-corrected chi connectivity index (χ0v) is 12.2. The molecule has 0 saturated heterocycles. The summed E-state index contributed by atoms with van der Waals surface area (Å²) in [6, 6.07) is 3.85. The van der Waals surface area contributed by atoms with Gasteiger partial charge in [0.2, 0.25) is 10.0 Å². The Hall–Kier alpha value is -1.02. The molecule has 0 fully saturated rings. The number of aromatic nitrogens is 1. The number of sulfonamides is 1. The van der Waals surface area contributed by atoms with Crippen LogP contribution < -0.4 is 4.72 Å². The molecule has 1 aromatic heterocycles. The van der Waals surface area contributed by atoms with Gasteiger partial charge in [-0.05, 0) is 19.1 Å². The second kappa shape index (κ2) is 5.54. The maximum atomic E-state index is 13.7. The van der Waals surface area contributed by atoms with Crippen molar-refractivity contribution in [3.63, 3.8) is 0 Å². The Labute approximate surface area is 119 Å². The molecule has 0 radical (unpaired) electrons. The summed E-state index contributed by atoms with van der Waals surface area (Å²) < 4.78 is 39.9. The van der Waals surface area contributed by atoms with Gasteiger partial charge in [0, 0.05) is 17.6 Å². The number of nitrogens with zero attached hydrogens (tertiary/aromatic N) is 1. The van der Waals surface area contributed by atoms with Gasteiger partial charge in [0.25, 0.3) is 0 Å². The van der Waals surface area contributed by atoms with E-state index in [2.05, 4.69) is 9.71 Å². The molecule has 0 aliphatic rings. The number of hydrogen-bond donors (Lipinski definition) is 1. The largest absolute Gasteiger partial charge is 0.250 e. The molecular formula is C11H10ClFN2O2S2. The van der Waals surface area contributed by atoms with Gasteiger partial charge in [-0.15, -0.1) is 11.3 Å². The van der Waals surface area contributed by atoms with E-state index < -0.39 is 20.7 Å². The van der Waals surface area contributed by atoms with Crippen LogP contribution in [0.25, 0.3) is 0 Å². The lowest BCUT2D eigenvalue weighted by Gasteiger charge is -2.07. The van der Waals surface area contributed by atoms with E-state index in [0.717, 1.165) is 9.88 Å². The van der Waals surface area contributed by atoms with Crippen molar-refractivity contribution < 1.29 is 12.8 Å². The van der Waals surface area contributed by atoms with Gasteiger partial charge < -0.3 is 0 Å². The molecule has 4 nitrogen and oxygen atoms in total. The van der Waals surface area contributed by atoms with Crippen LogP contribution in [0.15, 0.2) is 29.3 Å². The number of rotatable bonds is 4. The lowest BCUT2D eigenvalue weighted by molar-refractivity contribution is 0.557. The molecule has 2 rings (SSSR count). The molecule has 0 aliphatic carbocycles. The van der Waals surface area contributed by atoms with Gasteiger partial charge in [-0.25, -0.2) is 22.5 Å². The standard InChI is InChI=1S/C11H10ClFN2O2S2/c1-7-14-5-8(18-7)6-15-19(16,17)10-4-2-3-9(12)11(10)13/h2-5,15H,6H2,1H3. The average Bonchev–Trinajstić information content (AvgIpc) is 2.76. The number of halogens is 2. The quantitative estimate of drug-likeness (QED) is 0.942. The summed E-state index contributed by atoms with van der Waals surface area (Å²) in [5, 5.41) is 0.611. The topological polar surface area (TPSA) is 59.1 Å². The first-order valence-corrected chi connectivity index (χ1v) is 7.93. The first-order chi connectivity index (χ1) is 8.90. The first-order valence-electron chi connectivity index (χ1n) is 5.25. The van der Waals surface area contributed by atoms with E-state index >= 15 is 0 Å². The number of benzene rings is 1. The van der Waals surface area contributed by atoms with Crippen molar-refractivity contribution in [1.82, 2.24) is 9.71 Å². The molecule has 0 spiro atoms. The van der Waals surface area contributed by atoms with E-state index in [1.54, 1.807) is 6.20 Å². The first kappa shape index (κ1) is 14.4. The Morgan fingerprint density at radius 1 is 1.47 bits per heavy atom. The fraction of sp³-hybridized carbons (Fsp3) is 0.182. The second-order valence-electron chi connectivity index (χ2n) is 3.72. The maximum absolute atomic E-state index is 13.7. The van der Waals surface area contributed by atoms with Gasteiger partial charge >= 0.3 is 0 Å². The molecule has 1 N–H and O–H groups in total. The summed E-state index contributed by atoms with van der Waals surface area (Å²) in [7, 11) is -3.93. The number of aryl methyl sites for hydroxylation is 1. The van der Waals surface area contributed by atoms with Gasteiger partial charge in [0.15, 0.2) is 5.82 Å². The molecule has 0 aliphatic heterocycles. The Morgan fingerprint density at radius 3 is 2.84 bits per heavy atom. The minimum Gasteiger partial charge on any atom is -0.250 e. The molecule has 1 heterocycles. The minimum absolute atomic E-state index is 0.0692. The van der Waals surface area contributed by atoms with Gasteiger partial charge in [0.05, 0.1) is 10.0 Å². The predicted octanol–water partition coefficient (Wildman–Crippen LogP) is 2.72. The van der Waals surface area contributed by atoms with Gasteiger partial charge in [-0.3, -0.25) is 0 Å². The Kier molecular flexibility index (Phi) is 4.19. The number of hydrogen-bond acceptors (Lipinski definition) is 4. The second-order valence-corrected chi connectivity index (χ2v) is 7.18. The Morgan fingerprint density at radius 2 is 2.21 bits per heavy atom. The molecule has 2 aromatic rings. The fourth-order valence-electron chi connectivity index (χ4n) is 1.42. The normalized spacial score (nSPS) is 11.7. The van der Waals surface area contributed by atoms with Crippen LogP contribution in [0.4, 0.5) is 4.39 Å². The molecule has 8 heteroatoms. The summed E-state index contributed by atoms with van der Waals surface area (Å²) >= 11 is 6.94. The van der Waals surface area contributed by atoms with Crippen LogP contribution in [-0.2, 0) is 16.6 Å². The van der Waals surface area contributed by atoms with E-state index in [1.165, 1.54) is 29.5 Å². The third-order valence-corrected chi connectivity index (χ3v) is 4.93. The van der Waals surface area contributed by atoms with Crippen LogP contribution in [0.3, 0.4) is 0 Å². The van der Waals surface area contributed by atoms with Crippen LogP contribution in [0, 0.1) is 12.7 Å². The van der Waals surface area contributed by atoms with Crippen molar-refractivity contribution in [2.75, 3.05) is 0 Å². The number of nitrogens with one attached hydrogen (secondary N) is 1. The fourth-order valence-corrected chi connectivity index (χ4v) is 3.58. The molecule has 1 aromatic carbocycles.